The predicted octanol–water partition coefficient (Wildman–Crippen LogP) is 3.73. The van der Waals surface area contributed by atoms with Crippen LogP contribution in [0, 0.1) is 5.82 Å². The van der Waals surface area contributed by atoms with Crippen molar-refractivity contribution in [3.63, 3.8) is 0 Å². The minimum Gasteiger partial charge on any atom is -0.367 e. The molecule has 0 aromatic heterocycles. The van der Waals surface area contributed by atoms with Gasteiger partial charge in [0, 0.05) is 50.4 Å². The van der Waals surface area contributed by atoms with Crippen molar-refractivity contribution in [2.75, 3.05) is 49.1 Å². The van der Waals surface area contributed by atoms with Crippen LogP contribution in [0.25, 0.3) is 0 Å². The predicted molar refractivity (Wildman–Crippen MR) is 140 cm³/mol. The average Bonchev–Trinajstić information content (AvgIpc) is 3.31. The van der Waals surface area contributed by atoms with E-state index in [1.807, 2.05) is 54.6 Å². The van der Waals surface area contributed by atoms with E-state index in [9.17, 15) is 14.0 Å². The van der Waals surface area contributed by atoms with Crippen LogP contribution in [0.15, 0.2) is 78.9 Å². The van der Waals surface area contributed by atoms with Crippen molar-refractivity contribution in [2.24, 2.45) is 0 Å². The molecule has 0 radical (unpaired) electrons. The van der Waals surface area contributed by atoms with E-state index >= 15 is 0 Å². The average molecular weight is 487 g/mol. The summed E-state index contributed by atoms with van der Waals surface area (Å²) >= 11 is 0. The monoisotopic (exact) mass is 486 g/mol. The number of halogens is 1. The zero-order valence-electron chi connectivity index (χ0n) is 20.3. The van der Waals surface area contributed by atoms with Gasteiger partial charge in [-0.05, 0) is 48.9 Å². The van der Waals surface area contributed by atoms with E-state index in [0.717, 1.165) is 50.4 Å². The number of para-hydroxylation sites is 2. The first kappa shape index (κ1) is 24.0. The fourth-order valence-electron chi connectivity index (χ4n) is 5.12. The number of rotatable bonds is 7. The van der Waals surface area contributed by atoms with E-state index in [0.29, 0.717) is 24.2 Å². The molecule has 2 aliphatic heterocycles. The highest BCUT2D eigenvalue weighted by molar-refractivity contribution is 6.11. The largest absolute Gasteiger partial charge is 0.367 e. The van der Waals surface area contributed by atoms with Crippen LogP contribution < -0.4 is 15.1 Å². The van der Waals surface area contributed by atoms with Crippen molar-refractivity contribution in [1.82, 2.24) is 10.2 Å². The fourth-order valence-corrected chi connectivity index (χ4v) is 5.12. The van der Waals surface area contributed by atoms with Gasteiger partial charge >= 0.3 is 0 Å². The lowest BCUT2D eigenvalue weighted by atomic mass is 10.1. The maximum atomic E-state index is 14.1. The van der Waals surface area contributed by atoms with Gasteiger partial charge in [-0.2, -0.15) is 0 Å². The molecule has 6 nitrogen and oxygen atoms in total. The third-order valence-corrected chi connectivity index (χ3v) is 7.03. The number of hydrogen-bond acceptors (Lipinski definition) is 4. The standard InChI is InChI=1S/C29H31FN4O2/c30-24-12-5-7-14-26(24)33-19-17-32(18-20-33)16-8-15-31-28(35)27-21-23-11-4-6-13-25(23)34(27)29(36)22-9-2-1-3-10-22/h1-7,9-14,27H,8,15-21H2,(H,31,35). The summed E-state index contributed by atoms with van der Waals surface area (Å²) in [4.78, 5) is 32.6. The van der Waals surface area contributed by atoms with Crippen molar-refractivity contribution in [2.45, 2.75) is 18.9 Å². The number of benzene rings is 3. The van der Waals surface area contributed by atoms with Gasteiger partial charge in [0.2, 0.25) is 5.91 Å². The molecule has 1 saturated heterocycles. The lowest BCUT2D eigenvalue weighted by Crippen LogP contribution is -2.49. The van der Waals surface area contributed by atoms with Crippen LogP contribution in [-0.4, -0.2) is 62.0 Å². The van der Waals surface area contributed by atoms with Crippen LogP contribution >= 0.6 is 0 Å². The van der Waals surface area contributed by atoms with Gasteiger partial charge in [0.05, 0.1) is 5.69 Å². The van der Waals surface area contributed by atoms with Crippen LogP contribution in [-0.2, 0) is 11.2 Å². The second kappa shape index (κ2) is 10.9. The van der Waals surface area contributed by atoms with E-state index < -0.39 is 6.04 Å². The van der Waals surface area contributed by atoms with E-state index in [4.69, 9.17) is 0 Å². The number of carbonyl (C=O) groups excluding carboxylic acids is 2. The fraction of sp³-hybridized carbons (Fsp3) is 0.310. The number of carbonyl (C=O) groups is 2. The van der Waals surface area contributed by atoms with Crippen molar-refractivity contribution in [3.05, 3.63) is 95.8 Å². The summed E-state index contributed by atoms with van der Waals surface area (Å²) in [6, 6.07) is 23.2. The molecule has 3 aromatic rings. The highest BCUT2D eigenvalue weighted by atomic mass is 19.1. The number of anilines is 2. The Labute approximate surface area is 211 Å². The normalized spacial score (nSPS) is 17.6. The summed E-state index contributed by atoms with van der Waals surface area (Å²) < 4.78 is 14.1. The first-order chi connectivity index (χ1) is 17.6. The molecule has 1 N–H and O–H groups in total. The maximum Gasteiger partial charge on any atom is 0.259 e. The third kappa shape index (κ3) is 5.11. The Morgan fingerprint density at radius 1 is 0.833 bits per heavy atom. The first-order valence-corrected chi connectivity index (χ1v) is 12.6. The molecule has 0 bridgehead atoms. The number of amides is 2. The summed E-state index contributed by atoms with van der Waals surface area (Å²) in [6.45, 7) is 4.70. The molecule has 0 aliphatic carbocycles. The molecule has 1 fully saturated rings. The van der Waals surface area contributed by atoms with Crippen LogP contribution in [0.1, 0.15) is 22.3 Å². The van der Waals surface area contributed by atoms with Crippen molar-refractivity contribution in [1.29, 1.82) is 0 Å². The number of hydrogen-bond donors (Lipinski definition) is 1. The molecule has 0 spiro atoms. The van der Waals surface area contributed by atoms with Gasteiger partial charge in [0.15, 0.2) is 0 Å². The number of nitrogens with zero attached hydrogens (tertiary/aromatic N) is 3. The summed E-state index contributed by atoms with van der Waals surface area (Å²) in [6.07, 6.45) is 1.33. The molecular formula is C29H31FN4O2. The van der Waals surface area contributed by atoms with Gasteiger partial charge in [-0.15, -0.1) is 0 Å². The van der Waals surface area contributed by atoms with E-state index in [1.165, 1.54) is 6.07 Å². The molecule has 1 atom stereocenters. The smallest absolute Gasteiger partial charge is 0.259 e. The highest BCUT2D eigenvalue weighted by Crippen LogP contribution is 2.33. The zero-order chi connectivity index (χ0) is 24.9. The van der Waals surface area contributed by atoms with E-state index in [1.54, 1.807) is 23.1 Å². The Hall–Kier alpha value is -3.71. The van der Waals surface area contributed by atoms with Crippen molar-refractivity contribution in [3.8, 4) is 0 Å². The van der Waals surface area contributed by atoms with Gasteiger partial charge < -0.3 is 10.2 Å². The Balaban J connectivity index is 1.13. The molecule has 3 aromatic carbocycles. The molecule has 2 heterocycles. The minimum atomic E-state index is -0.556. The van der Waals surface area contributed by atoms with Crippen molar-refractivity contribution < 1.29 is 14.0 Å². The first-order valence-electron chi connectivity index (χ1n) is 12.6. The lowest BCUT2D eigenvalue weighted by molar-refractivity contribution is -0.122. The molecular weight excluding hydrogens is 455 g/mol. The van der Waals surface area contributed by atoms with Gasteiger partial charge in [0.1, 0.15) is 11.9 Å². The van der Waals surface area contributed by atoms with E-state index in [2.05, 4.69) is 15.1 Å². The van der Waals surface area contributed by atoms with Gasteiger partial charge in [-0.1, -0.05) is 48.5 Å². The molecule has 186 valence electrons. The van der Waals surface area contributed by atoms with Crippen molar-refractivity contribution >= 4 is 23.2 Å². The summed E-state index contributed by atoms with van der Waals surface area (Å²) in [5.41, 5.74) is 3.05. The quantitative estimate of drug-likeness (QED) is 0.517. The van der Waals surface area contributed by atoms with Crippen LogP contribution in [0.5, 0.6) is 0 Å². The molecule has 7 heteroatoms. The molecule has 2 amide bonds. The molecule has 36 heavy (non-hydrogen) atoms. The van der Waals surface area contributed by atoms with Crippen LogP contribution in [0.2, 0.25) is 0 Å². The SMILES string of the molecule is O=C(NCCCN1CCN(c2ccccc2F)CC1)C1Cc2ccccc2N1C(=O)c1ccccc1. The molecule has 0 saturated carbocycles. The summed E-state index contributed by atoms with van der Waals surface area (Å²) in [7, 11) is 0. The number of fused-ring (bicyclic) bond motifs is 1. The Morgan fingerprint density at radius 3 is 2.25 bits per heavy atom. The number of nitrogens with one attached hydrogen (secondary N) is 1. The maximum absolute atomic E-state index is 14.1. The second-order valence-electron chi connectivity index (χ2n) is 9.31. The Bertz CT molecular complexity index is 1210. The topological polar surface area (TPSA) is 55.9 Å². The zero-order valence-corrected chi connectivity index (χ0v) is 20.3. The third-order valence-electron chi connectivity index (χ3n) is 7.03. The van der Waals surface area contributed by atoms with Crippen LogP contribution in [0.4, 0.5) is 15.8 Å². The van der Waals surface area contributed by atoms with Crippen LogP contribution in [0.3, 0.4) is 0 Å². The van der Waals surface area contributed by atoms with Gasteiger partial charge in [-0.3, -0.25) is 19.4 Å². The Kier molecular flexibility index (Phi) is 7.28. The highest BCUT2D eigenvalue weighted by Gasteiger charge is 2.38. The second-order valence-corrected chi connectivity index (χ2v) is 9.31. The Morgan fingerprint density at radius 2 is 1.50 bits per heavy atom. The minimum absolute atomic E-state index is 0.125. The molecule has 2 aliphatic rings. The molecule has 1 unspecified atom stereocenters. The van der Waals surface area contributed by atoms with Gasteiger partial charge in [0.25, 0.3) is 5.91 Å². The van der Waals surface area contributed by atoms with Gasteiger partial charge in [-0.25, -0.2) is 4.39 Å². The molecule has 5 rings (SSSR count). The summed E-state index contributed by atoms with van der Waals surface area (Å²) in [5, 5.41) is 3.06. The number of piperazine rings is 1. The lowest BCUT2D eigenvalue weighted by Gasteiger charge is -2.36. The summed E-state index contributed by atoms with van der Waals surface area (Å²) in [5.74, 6) is -0.462. The van der Waals surface area contributed by atoms with E-state index in [-0.39, 0.29) is 17.6 Å².